The van der Waals surface area contributed by atoms with Crippen LogP contribution in [-0.2, 0) is 43.3 Å². The van der Waals surface area contributed by atoms with Crippen molar-refractivity contribution in [3.63, 3.8) is 0 Å². The Labute approximate surface area is 434 Å². The Kier molecular flexibility index (Phi) is 16.4. The predicted octanol–water partition coefficient (Wildman–Crippen LogP) is 20.2. The van der Waals surface area contributed by atoms with E-state index in [9.17, 15) is 0 Å². The number of rotatable bonds is 4. The molecule has 0 nitrogen and oxygen atoms in total. The predicted molar refractivity (Wildman–Crippen MR) is 314 cm³/mol. The Morgan fingerprint density at radius 1 is 0.239 bits per heavy atom. The van der Waals surface area contributed by atoms with Crippen molar-refractivity contribution in [3.8, 4) is 11.1 Å². The molecule has 1 aliphatic carbocycles. The zero-order valence-electron chi connectivity index (χ0n) is 47.2. The van der Waals surface area contributed by atoms with Crippen molar-refractivity contribution in [1.29, 1.82) is 0 Å². The van der Waals surface area contributed by atoms with Crippen LogP contribution < -0.4 is 0 Å². The second-order valence-corrected chi connectivity index (χ2v) is 26.9. The van der Waals surface area contributed by atoms with Gasteiger partial charge in [0.05, 0.1) is 5.41 Å². The van der Waals surface area contributed by atoms with Crippen LogP contribution in [0.3, 0.4) is 0 Å². The highest BCUT2D eigenvalue weighted by Crippen LogP contribution is 2.56. The maximum Gasteiger partial charge on any atom is 0.0713 e. The van der Waals surface area contributed by atoms with Crippen LogP contribution in [0.1, 0.15) is 213 Å². The van der Waals surface area contributed by atoms with Gasteiger partial charge in [-0.25, -0.2) is 0 Å². The first kappa shape index (κ1) is 56.5. The van der Waals surface area contributed by atoms with Gasteiger partial charge < -0.3 is 0 Å². The van der Waals surface area contributed by atoms with Gasteiger partial charge in [0.2, 0.25) is 0 Å². The third-order valence-corrected chi connectivity index (χ3v) is 14.9. The Morgan fingerprint density at radius 3 is 0.746 bits per heavy atom. The Morgan fingerprint density at radius 2 is 0.479 bits per heavy atom. The lowest BCUT2D eigenvalue weighted by atomic mass is 9.67. The molecule has 376 valence electrons. The van der Waals surface area contributed by atoms with E-state index in [1.165, 1.54) is 77.9 Å². The molecular weight excluding hydrogens is 853 g/mol. The fourth-order valence-electron chi connectivity index (χ4n) is 9.86. The molecule has 0 unspecified atom stereocenters. The summed E-state index contributed by atoms with van der Waals surface area (Å²) >= 11 is 0. The summed E-state index contributed by atoms with van der Waals surface area (Å²) in [6.45, 7) is 45.4. The van der Waals surface area contributed by atoms with Gasteiger partial charge in [-0.1, -0.05) is 316 Å². The molecule has 0 heterocycles. The zero-order valence-corrected chi connectivity index (χ0v) is 47.2. The van der Waals surface area contributed by atoms with E-state index in [-0.39, 0.29) is 50.7 Å². The molecule has 7 aromatic rings. The third kappa shape index (κ3) is 12.4. The lowest BCUT2D eigenvalue weighted by Crippen LogP contribution is -2.29. The smallest absolute Gasteiger partial charge is 0.0713 e. The molecule has 0 radical (unpaired) electrons. The Hall–Kier alpha value is -5.46. The average Bonchev–Trinajstić information content (AvgIpc) is 3.59. The minimum atomic E-state index is -0.319. The number of fused-ring (bicyclic) bond motifs is 3. The lowest BCUT2D eigenvalue weighted by molar-refractivity contribution is 0.568. The van der Waals surface area contributed by atoms with Crippen LogP contribution in [0.25, 0.3) is 11.1 Å². The van der Waals surface area contributed by atoms with Crippen LogP contribution >= 0.6 is 0 Å². The van der Waals surface area contributed by atoms with E-state index in [4.69, 9.17) is 0 Å². The molecule has 8 rings (SSSR count). The highest BCUT2D eigenvalue weighted by atomic mass is 14.5. The highest BCUT2D eigenvalue weighted by molar-refractivity contribution is 5.86. The summed E-state index contributed by atoms with van der Waals surface area (Å²) in [6.07, 6.45) is 0. The minimum absolute atomic E-state index is 0. The quantitative estimate of drug-likeness (QED) is 0.165. The summed E-state index contributed by atoms with van der Waals surface area (Å²) in [5.74, 6) is 0. The molecule has 0 saturated heterocycles. The van der Waals surface area contributed by atoms with Gasteiger partial charge in [0.1, 0.15) is 0 Å². The summed E-state index contributed by atoms with van der Waals surface area (Å²) in [6, 6.07) is 63.8. The van der Waals surface area contributed by atoms with Crippen molar-refractivity contribution in [3.05, 3.63) is 237 Å². The summed E-state index contributed by atoms with van der Waals surface area (Å²) in [5.41, 5.74) is 20.1. The molecule has 1 aliphatic rings. The second kappa shape index (κ2) is 20.6. The molecule has 0 fully saturated rings. The van der Waals surface area contributed by atoms with Gasteiger partial charge in [0.15, 0.2) is 0 Å². The van der Waals surface area contributed by atoms with Crippen molar-refractivity contribution in [1.82, 2.24) is 0 Å². The molecule has 0 heteroatoms. The fourth-order valence-corrected chi connectivity index (χ4v) is 9.86. The summed E-state index contributed by atoms with van der Waals surface area (Å²) < 4.78 is 0. The molecule has 71 heavy (non-hydrogen) atoms. The first-order valence-corrected chi connectivity index (χ1v) is 26.0. The zero-order chi connectivity index (χ0) is 51.9. The Bertz CT molecular complexity index is 2620. The van der Waals surface area contributed by atoms with E-state index in [1.54, 1.807) is 0 Å². The van der Waals surface area contributed by atoms with Gasteiger partial charge in [-0.3, -0.25) is 0 Å². The fraction of sp³-hybridized carbons (Fsp3) is 0.408. The standard InChI is InChI=1S/C33H34.C23H32.C14H22.CH4/c1-31(2,3)23-15-19-25(20-16-23)33(26-21-17-24(18-22-26)32(4,5)6)29-13-9-7-11-27(29)28-12-8-10-14-30(28)33;1-21(2,3)17-9-13-19(14-10-17)23(7,8)20-15-11-18(12-16-20)22(4,5)6;1-13(2,3)11-8-7-9-12(10-11)14(4,5)6;/h7-22H,1-6H3;9-16H,1-8H3;7-10H,1-6H3;1H4. The van der Waals surface area contributed by atoms with Gasteiger partial charge in [0.25, 0.3) is 0 Å². The normalized spacial score (nSPS) is 13.6. The van der Waals surface area contributed by atoms with E-state index in [1.807, 2.05) is 0 Å². The van der Waals surface area contributed by atoms with Crippen LogP contribution in [0.5, 0.6) is 0 Å². The molecule has 0 bridgehead atoms. The van der Waals surface area contributed by atoms with E-state index in [0.717, 1.165) is 0 Å². The van der Waals surface area contributed by atoms with Crippen LogP contribution in [0.4, 0.5) is 0 Å². The molecule has 0 saturated carbocycles. The first-order chi connectivity index (χ1) is 32.3. The molecule has 0 aliphatic heterocycles. The molecular formula is C71H92. The maximum atomic E-state index is 2.36. The van der Waals surface area contributed by atoms with Crippen LogP contribution in [-0.4, -0.2) is 0 Å². The number of benzene rings is 7. The van der Waals surface area contributed by atoms with Crippen molar-refractivity contribution in [2.45, 2.75) is 189 Å². The van der Waals surface area contributed by atoms with Gasteiger partial charge >= 0.3 is 0 Å². The topological polar surface area (TPSA) is 0 Å². The molecule has 0 aromatic heterocycles. The molecule has 0 spiro atoms. The van der Waals surface area contributed by atoms with Crippen molar-refractivity contribution < 1.29 is 0 Å². The van der Waals surface area contributed by atoms with Crippen molar-refractivity contribution >= 4 is 0 Å². The number of hydrogen-bond acceptors (Lipinski definition) is 0. The number of hydrogen-bond donors (Lipinski definition) is 0. The van der Waals surface area contributed by atoms with Gasteiger partial charge in [0, 0.05) is 5.41 Å². The monoisotopic (exact) mass is 945 g/mol. The van der Waals surface area contributed by atoms with E-state index in [2.05, 4.69) is 308 Å². The van der Waals surface area contributed by atoms with Crippen LogP contribution in [0, 0.1) is 0 Å². The van der Waals surface area contributed by atoms with Gasteiger partial charge in [-0.2, -0.15) is 0 Å². The summed E-state index contributed by atoms with van der Waals surface area (Å²) in [4.78, 5) is 0. The second-order valence-electron chi connectivity index (χ2n) is 26.9. The van der Waals surface area contributed by atoms with E-state index >= 15 is 0 Å². The highest BCUT2D eigenvalue weighted by Gasteiger charge is 2.46. The van der Waals surface area contributed by atoms with Gasteiger partial charge in [-0.05, 0) is 110 Å². The summed E-state index contributed by atoms with van der Waals surface area (Å²) in [5, 5.41) is 0. The van der Waals surface area contributed by atoms with E-state index < -0.39 is 0 Å². The minimum Gasteiger partial charge on any atom is -0.0776 e. The molecule has 0 atom stereocenters. The SMILES string of the molecule is C.CC(C)(C)c1ccc(C(C)(C)c2ccc(C(C)(C)C)cc2)cc1.CC(C)(C)c1ccc(C2(c3ccc(C(C)(C)C)cc3)c3ccccc3-c3ccccc32)cc1.CC(C)(C)c1cccc(C(C)(C)C)c1. The average molecular weight is 946 g/mol. The summed E-state index contributed by atoms with van der Waals surface area (Å²) in [7, 11) is 0. The van der Waals surface area contributed by atoms with E-state index in [0.29, 0.717) is 0 Å². The molecule has 7 aromatic carbocycles. The lowest BCUT2D eigenvalue weighted by Gasteiger charge is -2.35. The molecule has 0 N–H and O–H groups in total. The maximum absolute atomic E-state index is 2.36. The Balaban J connectivity index is 0.000000215. The largest absolute Gasteiger partial charge is 0.0776 e. The van der Waals surface area contributed by atoms with Crippen molar-refractivity contribution in [2.75, 3.05) is 0 Å². The van der Waals surface area contributed by atoms with Crippen molar-refractivity contribution in [2.24, 2.45) is 0 Å². The van der Waals surface area contributed by atoms with Crippen LogP contribution in [0.2, 0.25) is 0 Å². The van der Waals surface area contributed by atoms with Crippen LogP contribution in [0.15, 0.2) is 170 Å². The third-order valence-electron chi connectivity index (χ3n) is 14.9. The molecule has 0 amide bonds. The van der Waals surface area contributed by atoms with Gasteiger partial charge in [-0.15, -0.1) is 0 Å². The first-order valence-electron chi connectivity index (χ1n) is 26.0.